The van der Waals surface area contributed by atoms with Crippen LogP contribution in [-0.4, -0.2) is 6.10 Å². The van der Waals surface area contributed by atoms with Crippen molar-refractivity contribution in [2.24, 2.45) is 0 Å². The fraction of sp³-hybridized carbons (Fsp3) is 0.200. The lowest BCUT2D eigenvalue weighted by molar-refractivity contribution is 0.242. The van der Waals surface area contributed by atoms with Gasteiger partial charge >= 0.3 is 0 Å². The molecule has 0 aliphatic heterocycles. The van der Waals surface area contributed by atoms with Crippen LogP contribution >= 0.6 is 0 Å². The van der Waals surface area contributed by atoms with Gasteiger partial charge < -0.3 is 15.8 Å². The average Bonchev–Trinajstić information content (AvgIpc) is 2.35. The van der Waals surface area contributed by atoms with Crippen molar-refractivity contribution in [2.75, 3.05) is 11.1 Å². The Morgan fingerprint density at radius 1 is 1.11 bits per heavy atom. The Hall–Kier alpha value is -2.23. The zero-order valence-electron chi connectivity index (χ0n) is 11.0. The van der Waals surface area contributed by atoms with Crippen molar-refractivity contribution in [3.8, 4) is 5.75 Å². The zero-order chi connectivity index (χ0) is 13.8. The Bertz CT molecular complexity index is 532. The van der Waals surface area contributed by atoms with Crippen LogP contribution in [0.5, 0.6) is 5.75 Å². The third-order valence-corrected chi connectivity index (χ3v) is 2.54. The Kier molecular flexibility index (Phi) is 3.90. The highest BCUT2D eigenvalue weighted by molar-refractivity contribution is 5.73. The molecular formula is C15H17FN2O. The maximum Gasteiger partial charge on any atom is 0.148 e. The summed E-state index contributed by atoms with van der Waals surface area (Å²) in [7, 11) is 0. The molecule has 0 bridgehead atoms. The molecular weight excluding hydrogens is 243 g/mol. The maximum absolute atomic E-state index is 13.6. The van der Waals surface area contributed by atoms with Crippen molar-refractivity contribution in [3.05, 3.63) is 48.3 Å². The van der Waals surface area contributed by atoms with E-state index >= 15 is 0 Å². The molecule has 3 nitrogen and oxygen atoms in total. The third-order valence-electron chi connectivity index (χ3n) is 2.54. The average molecular weight is 260 g/mol. The van der Waals surface area contributed by atoms with E-state index in [1.54, 1.807) is 12.1 Å². The summed E-state index contributed by atoms with van der Waals surface area (Å²) < 4.78 is 19.2. The molecule has 0 amide bonds. The molecule has 0 aromatic heterocycles. The van der Waals surface area contributed by atoms with Gasteiger partial charge in [-0.1, -0.05) is 6.07 Å². The number of nitrogen functional groups attached to an aromatic ring is 1. The van der Waals surface area contributed by atoms with Crippen molar-refractivity contribution < 1.29 is 9.13 Å². The predicted octanol–water partition coefficient (Wildman–Crippen LogP) is 3.94. The van der Waals surface area contributed by atoms with Gasteiger partial charge in [0.2, 0.25) is 0 Å². The maximum atomic E-state index is 13.6. The minimum absolute atomic E-state index is 0.126. The monoisotopic (exact) mass is 260 g/mol. The van der Waals surface area contributed by atoms with Gasteiger partial charge in [-0.15, -0.1) is 0 Å². The fourth-order valence-electron chi connectivity index (χ4n) is 1.71. The van der Waals surface area contributed by atoms with Gasteiger partial charge in [-0.05, 0) is 50.2 Å². The number of benzene rings is 2. The van der Waals surface area contributed by atoms with Crippen LogP contribution in [0.3, 0.4) is 0 Å². The molecule has 2 rings (SSSR count). The SMILES string of the molecule is CC(C)Oc1ccc(Nc2c(N)cccc2F)cc1. The molecule has 0 saturated carbocycles. The van der Waals surface area contributed by atoms with Crippen LogP contribution in [0.4, 0.5) is 21.5 Å². The lowest BCUT2D eigenvalue weighted by atomic mass is 10.2. The molecule has 0 radical (unpaired) electrons. The Morgan fingerprint density at radius 2 is 1.79 bits per heavy atom. The van der Waals surface area contributed by atoms with Crippen LogP contribution in [0, 0.1) is 5.82 Å². The van der Waals surface area contributed by atoms with E-state index in [1.807, 2.05) is 38.1 Å². The molecule has 0 unspecified atom stereocenters. The van der Waals surface area contributed by atoms with Gasteiger partial charge in [0.05, 0.1) is 17.5 Å². The highest BCUT2D eigenvalue weighted by Gasteiger charge is 2.06. The largest absolute Gasteiger partial charge is 0.491 e. The van der Waals surface area contributed by atoms with Gasteiger partial charge in [0.25, 0.3) is 0 Å². The minimum atomic E-state index is -0.373. The number of nitrogens with one attached hydrogen (secondary N) is 1. The molecule has 0 aliphatic carbocycles. The number of hydrogen-bond acceptors (Lipinski definition) is 3. The molecule has 0 aliphatic rings. The first kappa shape index (κ1) is 13.2. The molecule has 3 N–H and O–H groups in total. The highest BCUT2D eigenvalue weighted by atomic mass is 19.1. The minimum Gasteiger partial charge on any atom is -0.491 e. The summed E-state index contributed by atoms with van der Waals surface area (Å²) in [5, 5.41) is 2.97. The van der Waals surface area contributed by atoms with Crippen LogP contribution in [0.25, 0.3) is 0 Å². The molecule has 19 heavy (non-hydrogen) atoms. The molecule has 100 valence electrons. The number of anilines is 3. The first-order valence-corrected chi connectivity index (χ1v) is 6.14. The van der Waals surface area contributed by atoms with Crippen molar-refractivity contribution in [1.82, 2.24) is 0 Å². The molecule has 0 fully saturated rings. The van der Waals surface area contributed by atoms with Crippen LogP contribution in [0.2, 0.25) is 0 Å². The molecule has 0 spiro atoms. The third kappa shape index (κ3) is 3.37. The number of rotatable bonds is 4. The van der Waals surface area contributed by atoms with E-state index in [9.17, 15) is 4.39 Å². The van der Waals surface area contributed by atoms with Crippen LogP contribution < -0.4 is 15.8 Å². The second kappa shape index (κ2) is 5.61. The number of hydrogen-bond donors (Lipinski definition) is 2. The number of ether oxygens (including phenoxy) is 1. The standard InChI is InChI=1S/C15H17FN2O/c1-10(2)19-12-8-6-11(7-9-12)18-15-13(16)4-3-5-14(15)17/h3-10,18H,17H2,1-2H3. The number of para-hydroxylation sites is 1. The summed E-state index contributed by atoms with van der Waals surface area (Å²) in [5.41, 5.74) is 7.16. The zero-order valence-corrected chi connectivity index (χ0v) is 11.0. The summed E-state index contributed by atoms with van der Waals surface area (Å²) in [6.07, 6.45) is 0.126. The van der Waals surface area contributed by atoms with Crippen LogP contribution in [-0.2, 0) is 0 Å². The smallest absolute Gasteiger partial charge is 0.148 e. The normalized spacial score (nSPS) is 10.5. The lowest BCUT2D eigenvalue weighted by Gasteiger charge is -2.12. The Morgan fingerprint density at radius 3 is 2.37 bits per heavy atom. The Balaban J connectivity index is 2.15. The second-order valence-electron chi connectivity index (χ2n) is 4.52. The molecule has 0 saturated heterocycles. The van der Waals surface area contributed by atoms with E-state index in [-0.39, 0.29) is 11.9 Å². The molecule has 0 atom stereocenters. The summed E-state index contributed by atoms with van der Waals surface area (Å²) in [6.45, 7) is 3.93. The summed E-state index contributed by atoms with van der Waals surface area (Å²) in [5.74, 6) is 0.407. The highest BCUT2D eigenvalue weighted by Crippen LogP contribution is 2.27. The number of halogens is 1. The first-order chi connectivity index (χ1) is 9.06. The fourth-order valence-corrected chi connectivity index (χ4v) is 1.71. The van der Waals surface area contributed by atoms with Gasteiger partial charge in [0, 0.05) is 5.69 Å². The van der Waals surface area contributed by atoms with Gasteiger partial charge in [-0.3, -0.25) is 0 Å². The van der Waals surface area contributed by atoms with E-state index in [2.05, 4.69) is 5.32 Å². The first-order valence-electron chi connectivity index (χ1n) is 6.14. The Labute approximate surface area is 112 Å². The van der Waals surface area contributed by atoms with Gasteiger partial charge in [-0.2, -0.15) is 0 Å². The van der Waals surface area contributed by atoms with Crippen LogP contribution in [0.15, 0.2) is 42.5 Å². The topological polar surface area (TPSA) is 47.3 Å². The molecule has 2 aromatic carbocycles. The van der Waals surface area contributed by atoms with E-state index in [0.29, 0.717) is 11.4 Å². The van der Waals surface area contributed by atoms with Crippen molar-refractivity contribution in [3.63, 3.8) is 0 Å². The van der Waals surface area contributed by atoms with E-state index in [0.717, 1.165) is 11.4 Å². The number of nitrogens with two attached hydrogens (primary N) is 1. The van der Waals surface area contributed by atoms with Crippen molar-refractivity contribution >= 4 is 17.1 Å². The van der Waals surface area contributed by atoms with Gasteiger partial charge in [-0.25, -0.2) is 4.39 Å². The van der Waals surface area contributed by atoms with Crippen molar-refractivity contribution in [2.45, 2.75) is 20.0 Å². The van der Waals surface area contributed by atoms with Gasteiger partial charge in [0.1, 0.15) is 11.6 Å². The molecule has 0 heterocycles. The summed E-state index contributed by atoms with van der Waals surface area (Å²) >= 11 is 0. The summed E-state index contributed by atoms with van der Waals surface area (Å²) in [4.78, 5) is 0. The summed E-state index contributed by atoms with van der Waals surface area (Å²) in [6, 6.07) is 11.9. The second-order valence-corrected chi connectivity index (χ2v) is 4.52. The van der Waals surface area contributed by atoms with E-state index in [4.69, 9.17) is 10.5 Å². The lowest BCUT2D eigenvalue weighted by Crippen LogP contribution is -2.05. The van der Waals surface area contributed by atoms with E-state index < -0.39 is 0 Å². The van der Waals surface area contributed by atoms with E-state index in [1.165, 1.54) is 6.07 Å². The van der Waals surface area contributed by atoms with Gasteiger partial charge in [0.15, 0.2) is 0 Å². The quantitative estimate of drug-likeness (QED) is 0.818. The predicted molar refractivity (Wildman–Crippen MR) is 76.3 cm³/mol. The molecule has 2 aromatic rings. The van der Waals surface area contributed by atoms with Crippen LogP contribution in [0.1, 0.15) is 13.8 Å². The molecule has 4 heteroatoms. The van der Waals surface area contributed by atoms with Crippen molar-refractivity contribution in [1.29, 1.82) is 0 Å².